The van der Waals surface area contributed by atoms with Gasteiger partial charge in [-0.25, -0.2) is 4.98 Å². The molecular weight excluding hydrogens is 350 g/mol. The summed E-state index contributed by atoms with van der Waals surface area (Å²) in [5.74, 6) is -0.151. The fraction of sp³-hybridized carbons (Fsp3) is 0.188. The second-order valence-electron chi connectivity index (χ2n) is 5.20. The number of hydrogen-bond acceptors (Lipinski definition) is 5. The smallest absolute Gasteiger partial charge is 0.387 e. The summed E-state index contributed by atoms with van der Waals surface area (Å²) >= 11 is 1.28. The Morgan fingerprint density at radius 1 is 1.36 bits per heavy atom. The van der Waals surface area contributed by atoms with Gasteiger partial charge in [0.25, 0.3) is 0 Å². The van der Waals surface area contributed by atoms with E-state index in [4.69, 9.17) is 0 Å². The van der Waals surface area contributed by atoms with E-state index in [2.05, 4.69) is 20.1 Å². The highest BCUT2D eigenvalue weighted by Gasteiger charge is 2.10. The van der Waals surface area contributed by atoms with E-state index in [1.54, 1.807) is 34.6 Å². The van der Waals surface area contributed by atoms with Crippen LogP contribution in [0.1, 0.15) is 5.56 Å². The average Bonchev–Trinajstić information content (AvgIpc) is 3.17. The maximum atomic E-state index is 12.1. The van der Waals surface area contributed by atoms with Crippen LogP contribution in [0.4, 0.5) is 13.9 Å². The summed E-state index contributed by atoms with van der Waals surface area (Å²) < 4.78 is 30.1. The predicted molar refractivity (Wildman–Crippen MR) is 89.8 cm³/mol. The van der Waals surface area contributed by atoms with Crippen LogP contribution < -0.4 is 10.1 Å². The van der Waals surface area contributed by atoms with E-state index in [1.807, 2.05) is 6.92 Å². The fourth-order valence-corrected chi connectivity index (χ4v) is 2.87. The van der Waals surface area contributed by atoms with Crippen LogP contribution in [0.2, 0.25) is 0 Å². The van der Waals surface area contributed by atoms with Crippen LogP contribution in [-0.2, 0) is 11.3 Å². The van der Waals surface area contributed by atoms with Gasteiger partial charge < -0.3 is 10.1 Å². The molecule has 0 aliphatic carbocycles. The minimum atomic E-state index is -2.86. The first-order valence-corrected chi connectivity index (χ1v) is 8.17. The van der Waals surface area contributed by atoms with Crippen molar-refractivity contribution >= 4 is 22.4 Å². The van der Waals surface area contributed by atoms with Gasteiger partial charge in [0.2, 0.25) is 5.91 Å². The molecule has 3 rings (SSSR count). The van der Waals surface area contributed by atoms with E-state index in [0.717, 1.165) is 11.1 Å². The Bertz CT molecular complexity index is 861. The summed E-state index contributed by atoms with van der Waals surface area (Å²) in [6, 6.07) is 6.15. The Kier molecular flexibility index (Phi) is 5.03. The Morgan fingerprint density at radius 3 is 2.76 bits per heavy atom. The van der Waals surface area contributed by atoms with Gasteiger partial charge in [0.15, 0.2) is 5.13 Å². The monoisotopic (exact) mass is 364 g/mol. The largest absolute Gasteiger partial charge is 0.435 e. The van der Waals surface area contributed by atoms with Crippen molar-refractivity contribution in [1.29, 1.82) is 0 Å². The molecule has 2 aromatic heterocycles. The van der Waals surface area contributed by atoms with Gasteiger partial charge in [0.05, 0.1) is 11.9 Å². The van der Waals surface area contributed by atoms with E-state index in [0.29, 0.717) is 10.8 Å². The quantitative estimate of drug-likeness (QED) is 0.726. The summed E-state index contributed by atoms with van der Waals surface area (Å²) in [6.45, 7) is -0.861. The SMILES string of the molecule is Cc1cnn(CC(=O)Nc2nc(-c3ccc(OC(F)F)cc3)cs2)c1. The molecule has 130 valence electrons. The minimum Gasteiger partial charge on any atom is -0.435 e. The Hall–Kier alpha value is -2.81. The Balaban J connectivity index is 1.62. The molecule has 0 aliphatic heterocycles. The maximum Gasteiger partial charge on any atom is 0.387 e. The maximum absolute atomic E-state index is 12.1. The number of nitrogens with one attached hydrogen (secondary N) is 1. The molecule has 0 saturated carbocycles. The number of carbonyl (C=O) groups excluding carboxylic acids is 1. The van der Waals surface area contributed by atoms with Gasteiger partial charge >= 0.3 is 6.61 Å². The van der Waals surface area contributed by atoms with E-state index in [-0.39, 0.29) is 18.2 Å². The molecule has 0 radical (unpaired) electrons. The molecule has 1 aromatic carbocycles. The van der Waals surface area contributed by atoms with Crippen molar-refractivity contribution in [2.75, 3.05) is 5.32 Å². The van der Waals surface area contributed by atoms with Crippen molar-refractivity contribution in [3.63, 3.8) is 0 Å². The molecule has 25 heavy (non-hydrogen) atoms. The van der Waals surface area contributed by atoms with Crippen LogP contribution >= 0.6 is 11.3 Å². The van der Waals surface area contributed by atoms with Crippen molar-refractivity contribution in [3.05, 3.63) is 47.6 Å². The number of amides is 1. The highest BCUT2D eigenvalue weighted by Crippen LogP contribution is 2.27. The molecule has 0 bridgehead atoms. The van der Waals surface area contributed by atoms with Crippen LogP contribution in [0.25, 0.3) is 11.3 Å². The van der Waals surface area contributed by atoms with Crippen LogP contribution in [0.5, 0.6) is 5.75 Å². The lowest BCUT2D eigenvalue weighted by atomic mass is 10.2. The van der Waals surface area contributed by atoms with Crippen molar-refractivity contribution in [3.8, 4) is 17.0 Å². The topological polar surface area (TPSA) is 69.0 Å². The zero-order valence-electron chi connectivity index (χ0n) is 13.1. The average molecular weight is 364 g/mol. The third kappa shape index (κ3) is 4.60. The number of anilines is 1. The number of nitrogens with zero attached hydrogens (tertiary/aromatic N) is 3. The normalized spacial score (nSPS) is 10.9. The van der Waals surface area contributed by atoms with Crippen LogP contribution in [0, 0.1) is 6.92 Å². The molecule has 3 aromatic rings. The lowest BCUT2D eigenvalue weighted by Gasteiger charge is -2.04. The van der Waals surface area contributed by atoms with Gasteiger partial charge in [0, 0.05) is 17.1 Å². The second kappa shape index (κ2) is 7.39. The predicted octanol–water partition coefficient (Wildman–Crippen LogP) is 3.56. The highest BCUT2D eigenvalue weighted by molar-refractivity contribution is 7.14. The number of thiazole rings is 1. The number of hydrogen-bond donors (Lipinski definition) is 1. The first-order valence-electron chi connectivity index (χ1n) is 7.29. The van der Waals surface area contributed by atoms with Crippen LogP contribution in [0.15, 0.2) is 42.0 Å². The molecule has 6 nitrogen and oxygen atoms in total. The molecular formula is C16H14F2N4O2S. The van der Waals surface area contributed by atoms with Gasteiger partial charge in [-0.2, -0.15) is 13.9 Å². The van der Waals surface area contributed by atoms with E-state index >= 15 is 0 Å². The third-order valence-corrected chi connectivity index (χ3v) is 3.95. The number of rotatable bonds is 6. The second-order valence-corrected chi connectivity index (χ2v) is 6.06. The summed E-state index contributed by atoms with van der Waals surface area (Å²) in [4.78, 5) is 16.3. The summed E-state index contributed by atoms with van der Waals surface area (Å²) in [5, 5.41) is 8.99. The molecule has 0 aliphatic rings. The number of benzene rings is 1. The lowest BCUT2D eigenvalue weighted by Crippen LogP contribution is -2.18. The number of halogens is 2. The number of carbonyl (C=O) groups is 1. The molecule has 1 N–H and O–H groups in total. The highest BCUT2D eigenvalue weighted by atomic mass is 32.1. The van der Waals surface area contributed by atoms with Crippen molar-refractivity contribution < 1.29 is 18.3 Å². The van der Waals surface area contributed by atoms with Crippen LogP contribution in [0.3, 0.4) is 0 Å². The van der Waals surface area contributed by atoms with Crippen molar-refractivity contribution in [2.45, 2.75) is 20.1 Å². The third-order valence-electron chi connectivity index (χ3n) is 3.19. The Labute approximate surface area is 146 Å². The van der Waals surface area contributed by atoms with Crippen molar-refractivity contribution in [1.82, 2.24) is 14.8 Å². The zero-order chi connectivity index (χ0) is 17.8. The van der Waals surface area contributed by atoms with Gasteiger partial charge in [-0.3, -0.25) is 9.48 Å². The molecule has 0 spiro atoms. The first kappa shape index (κ1) is 17.0. The van der Waals surface area contributed by atoms with Crippen LogP contribution in [-0.4, -0.2) is 27.3 Å². The molecule has 1 amide bonds. The van der Waals surface area contributed by atoms with Gasteiger partial charge in [-0.15, -0.1) is 11.3 Å². The standard InChI is InChI=1S/C16H14F2N4O2S/c1-10-6-19-22(7-10)8-14(23)21-16-20-13(9-25-16)11-2-4-12(5-3-11)24-15(17)18/h2-7,9,15H,8H2,1H3,(H,20,21,23). The fourth-order valence-electron chi connectivity index (χ4n) is 2.13. The molecule has 0 unspecified atom stereocenters. The molecule has 0 fully saturated rings. The van der Waals surface area contributed by atoms with E-state index in [1.165, 1.54) is 23.5 Å². The number of ether oxygens (including phenoxy) is 1. The van der Waals surface area contributed by atoms with E-state index < -0.39 is 6.61 Å². The Morgan fingerprint density at radius 2 is 2.12 bits per heavy atom. The van der Waals surface area contributed by atoms with Crippen molar-refractivity contribution in [2.24, 2.45) is 0 Å². The number of aryl methyl sites for hydroxylation is 1. The molecule has 2 heterocycles. The molecule has 9 heteroatoms. The van der Waals surface area contributed by atoms with E-state index in [9.17, 15) is 13.6 Å². The summed E-state index contributed by atoms with van der Waals surface area (Å²) in [7, 11) is 0. The van der Waals surface area contributed by atoms with Gasteiger partial charge in [0.1, 0.15) is 12.3 Å². The molecule has 0 atom stereocenters. The van der Waals surface area contributed by atoms with Gasteiger partial charge in [-0.1, -0.05) is 0 Å². The number of aromatic nitrogens is 3. The minimum absolute atomic E-state index is 0.0806. The number of alkyl halides is 2. The summed E-state index contributed by atoms with van der Waals surface area (Å²) in [6.07, 6.45) is 3.45. The lowest BCUT2D eigenvalue weighted by molar-refractivity contribution is -0.116. The first-order chi connectivity index (χ1) is 12.0. The van der Waals surface area contributed by atoms with Gasteiger partial charge in [-0.05, 0) is 36.8 Å². The zero-order valence-corrected chi connectivity index (χ0v) is 14.0. The summed E-state index contributed by atoms with van der Waals surface area (Å²) in [5.41, 5.74) is 2.35. The molecule has 0 saturated heterocycles.